The molecule has 128 valence electrons. The molecule has 0 aliphatic carbocycles. The highest BCUT2D eigenvalue weighted by Crippen LogP contribution is 2.30. The predicted octanol–water partition coefficient (Wildman–Crippen LogP) is 1.65. The number of aliphatic hydroxyl groups is 1. The number of hydrogen-bond acceptors (Lipinski definition) is 6. The fourth-order valence-corrected chi connectivity index (χ4v) is 2.93. The molecule has 2 aromatic rings. The summed E-state index contributed by atoms with van der Waals surface area (Å²) in [6, 6.07) is 11.9. The molecule has 0 aliphatic rings. The molecule has 0 saturated carbocycles. The number of sulfonamides is 1. The van der Waals surface area contributed by atoms with Gasteiger partial charge in [0.05, 0.1) is 22.5 Å². The van der Waals surface area contributed by atoms with Gasteiger partial charge in [-0.05, 0) is 24.7 Å². The highest BCUT2D eigenvalue weighted by Gasteiger charge is 2.22. The fourth-order valence-electron chi connectivity index (χ4n) is 2.18. The molecule has 8 nitrogen and oxygen atoms in total. The molecule has 0 aromatic heterocycles. The maximum absolute atomic E-state index is 11.8. The van der Waals surface area contributed by atoms with E-state index in [4.69, 9.17) is 0 Å². The summed E-state index contributed by atoms with van der Waals surface area (Å²) in [4.78, 5) is 10.4. The van der Waals surface area contributed by atoms with E-state index in [0.717, 1.165) is 11.6 Å². The number of nitrogens with one attached hydrogen (secondary N) is 2. The number of benzene rings is 2. The average Bonchev–Trinajstić information content (AvgIpc) is 2.60. The van der Waals surface area contributed by atoms with E-state index in [0.29, 0.717) is 0 Å². The third kappa shape index (κ3) is 3.88. The lowest BCUT2D eigenvalue weighted by atomic mass is 10.1. The second-order valence-electron chi connectivity index (χ2n) is 4.93. The minimum atomic E-state index is -3.79. The summed E-state index contributed by atoms with van der Waals surface area (Å²) in [6.07, 6.45) is 0. The first-order chi connectivity index (χ1) is 11.4. The molecule has 0 fully saturated rings. The van der Waals surface area contributed by atoms with Gasteiger partial charge in [0.2, 0.25) is 10.0 Å². The molecule has 0 saturated heterocycles. The summed E-state index contributed by atoms with van der Waals surface area (Å²) in [5, 5.41) is 23.7. The molecular formula is C15H17N3O5S. The Morgan fingerprint density at radius 3 is 2.42 bits per heavy atom. The van der Waals surface area contributed by atoms with Crippen molar-refractivity contribution in [3.8, 4) is 0 Å². The van der Waals surface area contributed by atoms with E-state index >= 15 is 0 Å². The van der Waals surface area contributed by atoms with Gasteiger partial charge in [0.15, 0.2) is 0 Å². The van der Waals surface area contributed by atoms with Crippen molar-refractivity contribution >= 4 is 21.4 Å². The van der Waals surface area contributed by atoms with Gasteiger partial charge in [-0.3, -0.25) is 10.1 Å². The van der Waals surface area contributed by atoms with Crippen molar-refractivity contribution in [1.82, 2.24) is 4.72 Å². The Balaban J connectivity index is 2.41. The summed E-state index contributed by atoms with van der Waals surface area (Å²) >= 11 is 0. The number of anilines is 1. The Morgan fingerprint density at radius 2 is 1.88 bits per heavy atom. The monoisotopic (exact) mass is 351 g/mol. The molecule has 9 heteroatoms. The van der Waals surface area contributed by atoms with Crippen LogP contribution in [0.3, 0.4) is 0 Å². The zero-order valence-electron chi connectivity index (χ0n) is 12.8. The van der Waals surface area contributed by atoms with Crippen molar-refractivity contribution in [1.29, 1.82) is 0 Å². The second-order valence-corrected chi connectivity index (χ2v) is 6.82. The summed E-state index contributed by atoms with van der Waals surface area (Å²) in [5.74, 6) is 0. The quantitative estimate of drug-likeness (QED) is 0.515. The van der Waals surface area contributed by atoms with Gasteiger partial charge in [-0.25, -0.2) is 13.1 Å². The van der Waals surface area contributed by atoms with E-state index < -0.39 is 21.0 Å². The van der Waals surface area contributed by atoms with Crippen LogP contribution in [0.1, 0.15) is 11.6 Å². The minimum Gasteiger partial charge on any atom is -0.394 e. The highest BCUT2D eigenvalue weighted by atomic mass is 32.2. The summed E-state index contributed by atoms with van der Waals surface area (Å²) in [5.41, 5.74) is 0.486. The lowest BCUT2D eigenvalue weighted by molar-refractivity contribution is -0.384. The molecule has 0 amide bonds. The van der Waals surface area contributed by atoms with Gasteiger partial charge in [-0.2, -0.15) is 0 Å². The van der Waals surface area contributed by atoms with Gasteiger partial charge < -0.3 is 10.4 Å². The van der Waals surface area contributed by atoms with E-state index in [1.165, 1.54) is 19.2 Å². The van der Waals surface area contributed by atoms with Crippen LogP contribution in [0.15, 0.2) is 53.4 Å². The SMILES string of the molecule is CNS(=O)(=O)c1ccc(NC(CO)c2ccccc2)c([N+](=O)[O-])c1. The van der Waals surface area contributed by atoms with Crippen molar-refractivity contribution in [2.75, 3.05) is 19.0 Å². The molecule has 0 spiro atoms. The van der Waals surface area contributed by atoms with Gasteiger partial charge in [0.1, 0.15) is 5.69 Å². The molecule has 0 bridgehead atoms. The maximum atomic E-state index is 11.8. The van der Waals surface area contributed by atoms with Gasteiger partial charge in [-0.15, -0.1) is 0 Å². The predicted molar refractivity (Wildman–Crippen MR) is 89.2 cm³/mol. The van der Waals surface area contributed by atoms with E-state index in [1.807, 2.05) is 6.07 Å². The van der Waals surface area contributed by atoms with Crippen LogP contribution in [0.5, 0.6) is 0 Å². The first-order valence-corrected chi connectivity index (χ1v) is 8.51. The molecule has 2 rings (SSSR count). The zero-order valence-corrected chi connectivity index (χ0v) is 13.7. The number of aliphatic hydroxyl groups excluding tert-OH is 1. The Bertz CT molecular complexity index is 824. The normalized spacial score (nSPS) is 12.6. The Kier molecular flexibility index (Phi) is 5.50. The van der Waals surface area contributed by atoms with E-state index in [-0.39, 0.29) is 22.9 Å². The van der Waals surface area contributed by atoms with Crippen LogP contribution in [-0.2, 0) is 10.0 Å². The maximum Gasteiger partial charge on any atom is 0.293 e. The fraction of sp³-hybridized carbons (Fsp3) is 0.200. The molecular weight excluding hydrogens is 334 g/mol. The summed E-state index contributed by atoms with van der Waals surface area (Å²) < 4.78 is 25.7. The van der Waals surface area contributed by atoms with Crippen molar-refractivity contribution in [3.05, 3.63) is 64.2 Å². The third-order valence-electron chi connectivity index (χ3n) is 3.46. The van der Waals surface area contributed by atoms with Crippen LogP contribution in [0.4, 0.5) is 11.4 Å². The first-order valence-electron chi connectivity index (χ1n) is 7.03. The van der Waals surface area contributed by atoms with Crippen molar-refractivity contribution in [2.45, 2.75) is 10.9 Å². The lowest BCUT2D eigenvalue weighted by Gasteiger charge is -2.18. The third-order valence-corrected chi connectivity index (χ3v) is 4.87. The van der Waals surface area contributed by atoms with Gasteiger partial charge >= 0.3 is 0 Å². The van der Waals surface area contributed by atoms with E-state index in [2.05, 4.69) is 10.0 Å². The molecule has 24 heavy (non-hydrogen) atoms. The Hall–Kier alpha value is -2.49. The smallest absolute Gasteiger partial charge is 0.293 e. The molecule has 0 heterocycles. The van der Waals surface area contributed by atoms with Gasteiger partial charge in [0, 0.05) is 6.07 Å². The number of hydrogen-bond donors (Lipinski definition) is 3. The van der Waals surface area contributed by atoms with Crippen LogP contribution in [0, 0.1) is 10.1 Å². The number of nitro benzene ring substituents is 1. The zero-order chi connectivity index (χ0) is 17.7. The Labute approximate surface area is 139 Å². The molecule has 3 N–H and O–H groups in total. The van der Waals surface area contributed by atoms with Crippen molar-refractivity contribution in [3.63, 3.8) is 0 Å². The second kappa shape index (κ2) is 7.39. The minimum absolute atomic E-state index is 0.123. The number of nitrogens with zero attached hydrogens (tertiary/aromatic N) is 1. The van der Waals surface area contributed by atoms with Crippen LogP contribution >= 0.6 is 0 Å². The molecule has 1 unspecified atom stereocenters. The lowest BCUT2D eigenvalue weighted by Crippen LogP contribution is -2.19. The van der Waals surface area contributed by atoms with E-state index in [1.54, 1.807) is 24.3 Å². The van der Waals surface area contributed by atoms with Gasteiger partial charge in [0.25, 0.3) is 5.69 Å². The first kappa shape index (κ1) is 17.9. The molecule has 2 aromatic carbocycles. The standard InChI is InChI=1S/C15H17N3O5S/c1-16-24(22,23)12-7-8-13(15(9-12)18(20)21)17-14(10-19)11-5-3-2-4-6-11/h2-9,14,16-17,19H,10H2,1H3. The van der Waals surface area contributed by atoms with Gasteiger partial charge in [-0.1, -0.05) is 30.3 Å². The number of rotatable bonds is 7. The molecule has 0 aliphatic heterocycles. The summed E-state index contributed by atoms with van der Waals surface area (Å²) in [7, 11) is -2.56. The Morgan fingerprint density at radius 1 is 1.21 bits per heavy atom. The molecule has 1 atom stereocenters. The average molecular weight is 351 g/mol. The molecule has 0 radical (unpaired) electrons. The van der Waals surface area contributed by atoms with Crippen LogP contribution in [-0.4, -0.2) is 32.1 Å². The van der Waals surface area contributed by atoms with Crippen LogP contribution in [0.25, 0.3) is 0 Å². The largest absolute Gasteiger partial charge is 0.394 e. The topological polar surface area (TPSA) is 122 Å². The summed E-state index contributed by atoms with van der Waals surface area (Å²) in [6.45, 7) is -0.280. The van der Waals surface area contributed by atoms with Crippen LogP contribution < -0.4 is 10.0 Å². The van der Waals surface area contributed by atoms with Crippen LogP contribution in [0.2, 0.25) is 0 Å². The van der Waals surface area contributed by atoms with Crippen molar-refractivity contribution in [2.24, 2.45) is 0 Å². The van der Waals surface area contributed by atoms with Crippen molar-refractivity contribution < 1.29 is 18.4 Å². The highest BCUT2D eigenvalue weighted by molar-refractivity contribution is 7.89. The van der Waals surface area contributed by atoms with E-state index in [9.17, 15) is 23.6 Å². The number of nitro groups is 1.